The van der Waals surface area contributed by atoms with Gasteiger partial charge in [0.2, 0.25) is 0 Å². The van der Waals surface area contributed by atoms with E-state index in [9.17, 15) is 0 Å². The van der Waals surface area contributed by atoms with Crippen LogP contribution in [0, 0.1) is 0 Å². The third-order valence-electron chi connectivity index (χ3n) is 9.46. The fourth-order valence-electron chi connectivity index (χ4n) is 7.26. The first kappa shape index (κ1) is 26.4. The van der Waals surface area contributed by atoms with Crippen LogP contribution in [0.1, 0.15) is 0 Å². The maximum Gasteiger partial charge on any atom is -0.00206 e. The van der Waals surface area contributed by atoms with Crippen molar-refractivity contribution >= 4 is 43.1 Å². The van der Waals surface area contributed by atoms with Crippen molar-refractivity contribution in [1.82, 2.24) is 0 Å². The molecule has 9 aromatic rings. The maximum atomic E-state index is 2.36. The third-order valence-corrected chi connectivity index (χ3v) is 9.46. The molecule has 0 aromatic heterocycles. The van der Waals surface area contributed by atoms with Gasteiger partial charge in [-0.2, -0.15) is 0 Å². The summed E-state index contributed by atoms with van der Waals surface area (Å²) < 4.78 is 0. The van der Waals surface area contributed by atoms with Crippen molar-refractivity contribution < 1.29 is 0 Å². The molecule has 0 amide bonds. The van der Waals surface area contributed by atoms with Gasteiger partial charge in [0.05, 0.1) is 0 Å². The van der Waals surface area contributed by atoms with Crippen molar-refractivity contribution in [2.75, 3.05) is 0 Å². The van der Waals surface area contributed by atoms with Gasteiger partial charge in [0.25, 0.3) is 0 Å². The van der Waals surface area contributed by atoms with E-state index < -0.39 is 0 Å². The van der Waals surface area contributed by atoms with Crippen LogP contribution in [0.2, 0.25) is 0 Å². The predicted octanol–water partition coefficient (Wildman–Crippen LogP) is 13.0. The van der Waals surface area contributed by atoms with E-state index in [2.05, 4.69) is 182 Å². The summed E-state index contributed by atoms with van der Waals surface area (Å²) in [7, 11) is 0. The first-order valence-electron chi connectivity index (χ1n) is 15.9. The number of fused-ring (bicyclic) bond motifs is 5. The van der Waals surface area contributed by atoms with Gasteiger partial charge < -0.3 is 0 Å². The predicted molar refractivity (Wildman–Crippen MR) is 198 cm³/mol. The molecule has 0 fully saturated rings. The molecule has 0 saturated carbocycles. The SMILES string of the molecule is c1ccc(-c2cccc3c(-c4ccc5c(ccc6cc(-c7cccc8ccccc78)ccc65)c4)ccc(-c4ccccc4)c23)cc1. The van der Waals surface area contributed by atoms with E-state index in [-0.39, 0.29) is 0 Å². The lowest BCUT2D eigenvalue weighted by Gasteiger charge is -2.17. The molecular weight excluding hydrogens is 553 g/mol. The Balaban J connectivity index is 1.20. The first-order chi connectivity index (χ1) is 22.8. The molecule has 0 aliphatic carbocycles. The van der Waals surface area contributed by atoms with E-state index in [0.717, 1.165) is 0 Å². The van der Waals surface area contributed by atoms with E-state index in [1.165, 1.54) is 87.6 Å². The third kappa shape index (κ3) is 4.38. The second-order valence-corrected chi connectivity index (χ2v) is 12.1. The summed E-state index contributed by atoms with van der Waals surface area (Å²) >= 11 is 0. The second-order valence-electron chi connectivity index (χ2n) is 12.1. The minimum atomic E-state index is 1.23. The van der Waals surface area contributed by atoms with Crippen LogP contribution in [0.15, 0.2) is 182 Å². The molecule has 0 saturated heterocycles. The molecule has 0 atom stereocenters. The highest BCUT2D eigenvalue weighted by Gasteiger charge is 2.15. The fourth-order valence-corrected chi connectivity index (χ4v) is 7.26. The minimum Gasteiger partial charge on any atom is -0.0622 e. The average Bonchev–Trinajstić information content (AvgIpc) is 3.14. The van der Waals surface area contributed by atoms with Gasteiger partial charge in [-0.1, -0.05) is 170 Å². The number of hydrogen-bond donors (Lipinski definition) is 0. The monoisotopic (exact) mass is 582 g/mol. The maximum absolute atomic E-state index is 2.36. The highest BCUT2D eigenvalue weighted by atomic mass is 14.2. The van der Waals surface area contributed by atoms with Gasteiger partial charge in [0.15, 0.2) is 0 Å². The zero-order valence-corrected chi connectivity index (χ0v) is 25.3. The van der Waals surface area contributed by atoms with Crippen LogP contribution in [0.5, 0.6) is 0 Å². The summed E-state index contributed by atoms with van der Waals surface area (Å²) in [6.07, 6.45) is 0. The van der Waals surface area contributed by atoms with E-state index in [0.29, 0.717) is 0 Å². The quantitative estimate of drug-likeness (QED) is 0.181. The Morgan fingerprint density at radius 3 is 1.37 bits per heavy atom. The summed E-state index contributed by atoms with van der Waals surface area (Å²) in [4.78, 5) is 0. The summed E-state index contributed by atoms with van der Waals surface area (Å²) in [6, 6.07) is 66.5. The van der Waals surface area contributed by atoms with Gasteiger partial charge in [-0.05, 0) is 99.7 Å². The van der Waals surface area contributed by atoms with Crippen molar-refractivity contribution in [2.24, 2.45) is 0 Å². The van der Waals surface area contributed by atoms with Crippen molar-refractivity contribution in [2.45, 2.75) is 0 Å². The highest BCUT2D eigenvalue weighted by molar-refractivity contribution is 6.14. The van der Waals surface area contributed by atoms with E-state index >= 15 is 0 Å². The summed E-state index contributed by atoms with van der Waals surface area (Å²) in [5, 5.41) is 10.2. The van der Waals surface area contributed by atoms with Gasteiger partial charge in [0.1, 0.15) is 0 Å². The Kier molecular flexibility index (Phi) is 6.25. The van der Waals surface area contributed by atoms with Crippen molar-refractivity contribution in [3.05, 3.63) is 182 Å². The van der Waals surface area contributed by atoms with Crippen LogP contribution < -0.4 is 0 Å². The van der Waals surface area contributed by atoms with Crippen LogP contribution in [-0.2, 0) is 0 Å². The second kappa shape index (κ2) is 10.9. The van der Waals surface area contributed by atoms with Gasteiger partial charge in [-0.25, -0.2) is 0 Å². The van der Waals surface area contributed by atoms with Crippen LogP contribution in [-0.4, -0.2) is 0 Å². The van der Waals surface area contributed by atoms with Crippen LogP contribution in [0.25, 0.3) is 87.6 Å². The number of hydrogen-bond acceptors (Lipinski definition) is 0. The Hall–Kier alpha value is -5.98. The van der Waals surface area contributed by atoms with E-state index in [1.54, 1.807) is 0 Å². The molecule has 46 heavy (non-hydrogen) atoms. The molecule has 0 radical (unpaired) electrons. The Bertz CT molecular complexity index is 2510. The number of benzene rings is 9. The van der Waals surface area contributed by atoms with Crippen LogP contribution >= 0.6 is 0 Å². The summed E-state index contributed by atoms with van der Waals surface area (Å²) in [6.45, 7) is 0. The Labute approximate surface area is 268 Å². The molecule has 9 rings (SSSR count). The van der Waals surface area contributed by atoms with Crippen molar-refractivity contribution in [3.63, 3.8) is 0 Å². The zero-order chi connectivity index (χ0) is 30.5. The average molecular weight is 583 g/mol. The molecule has 0 heterocycles. The van der Waals surface area contributed by atoms with Crippen molar-refractivity contribution in [3.8, 4) is 44.5 Å². The van der Waals surface area contributed by atoms with Gasteiger partial charge in [-0.3, -0.25) is 0 Å². The molecule has 0 nitrogen and oxygen atoms in total. The normalized spacial score (nSPS) is 11.5. The number of rotatable bonds is 4. The molecule has 0 aliphatic rings. The Morgan fingerprint density at radius 1 is 0.217 bits per heavy atom. The van der Waals surface area contributed by atoms with Crippen LogP contribution in [0.3, 0.4) is 0 Å². The molecule has 0 heteroatoms. The highest BCUT2D eigenvalue weighted by Crippen LogP contribution is 2.42. The van der Waals surface area contributed by atoms with E-state index in [4.69, 9.17) is 0 Å². The molecule has 0 bridgehead atoms. The lowest BCUT2D eigenvalue weighted by atomic mass is 9.87. The lowest BCUT2D eigenvalue weighted by molar-refractivity contribution is 1.62. The van der Waals surface area contributed by atoms with Gasteiger partial charge >= 0.3 is 0 Å². The molecule has 0 N–H and O–H groups in total. The zero-order valence-electron chi connectivity index (χ0n) is 25.3. The van der Waals surface area contributed by atoms with E-state index in [1.807, 2.05) is 0 Å². The minimum absolute atomic E-state index is 1.23. The van der Waals surface area contributed by atoms with Crippen molar-refractivity contribution in [1.29, 1.82) is 0 Å². The molecule has 0 unspecified atom stereocenters. The first-order valence-corrected chi connectivity index (χ1v) is 15.9. The Morgan fingerprint density at radius 2 is 0.696 bits per heavy atom. The summed E-state index contributed by atoms with van der Waals surface area (Å²) in [5.41, 5.74) is 9.98. The molecule has 214 valence electrons. The summed E-state index contributed by atoms with van der Waals surface area (Å²) in [5.74, 6) is 0. The lowest BCUT2D eigenvalue weighted by Crippen LogP contribution is -1.90. The molecule has 0 spiro atoms. The van der Waals surface area contributed by atoms with Crippen LogP contribution in [0.4, 0.5) is 0 Å². The largest absolute Gasteiger partial charge is 0.0622 e. The topological polar surface area (TPSA) is 0 Å². The molecule has 0 aliphatic heterocycles. The molecule has 9 aromatic carbocycles. The van der Waals surface area contributed by atoms with Gasteiger partial charge in [0, 0.05) is 0 Å². The smallest absolute Gasteiger partial charge is 0.00206 e. The molecular formula is C46H30. The van der Waals surface area contributed by atoms with Gasteiger partial charge in [-0.15, -0.1) is 0 Å². The standard InChI is InChI=1S/C46H30/c1-3-11-32(12-4-1)43-19-10-20-45-42(27-28-44(46(43)45)33-13-5-2-6-14-33)37-24-26-41-35(30-37)22-21-34-29-36(23-25-40(34)41)39-18-9-16-31-15-7-8-17-38(31)39/h1-30H. The fraction of sp³-hybridized carbons (Fsp3) is 0.